The average molecular weight is 309 g/mol. The first-order valence-corrected chi connectivity index (χ1v) is 7.32. The zero-order valence-electron chi connectivity index (χ0n) is 12.4. The highest BCUT2D eigenvalue weighted by molar-refractivity contribution is 5.85. The maximum atomic E-state index is 6.15. The second kappa shape index (κ2) is 4.52. The van der Waals surface area contributed by atoms with Crippen molar-refractivity contribution in [1.29, 1.82) is 0 Å². The van der Waals surface area contributed by atoms with Crippen LogP contribution in [0.5, 0.6) is 23.0 Å². The molecular formula is C18H13O5+. The Morgan fingerprint density at radius 1 is 0.957 bits per heavy atom. The number of benzene rings is 2. The zero-order valence-corrected chi connectivity index (χ0v) is 12.4. The van der Waals surface area contributed by atoms with E-state index in [9.17, 15) is 0 Å². The number of hydrogen-bond acceptors (Lipinski definition) is 4. The fraction of sp³-hybridized carbons (Fsp3) is 0.167. The van der Waals surface area contributed by atoms with Crippen molar-refractivity contribution in [2.75, 3.05) is 13.9 Å². The third kappa shape index (κ3) is 1.83. The Balaban J connectivity index is 1.73. The topological polar surface area (TPSA) is 48.2 Å². The summed E-state index contributed by atoms with van der Waals surface area (Å²) in [6.07, 6.45) is 0. The molecule has 3 aromatic rings. The Morgan fingerprint density at radius 3 is 2.70 bits per heavy atom. The third-order valence-corrected chi connectivity index (χ3v) is 4.15. The van der Waals surface area contributed by atoms with Gasteiger partial charge in [0.1, 0.15) is 23.7 Å². The van der Waals surface area contributed by atoms with E-state index >= 15 is 0 Å². The van der Waals surface area contributed by atoms with Crippen LogP contribution in [0.4, 0.5) is 0 Å². The van der Waals surface area contributed by atoms with E-state index in [1.807, 2.05) is 30.3 Å². The first-order chi connectivity index (χ1) is 11.3. The molecule has 0 aliphatic carbocycles. The van der Waals surface area contributed by atoms with Crippen LogP contribution >= 0.6 is 0 Å². The van der Waals surface area contributed by atoms with Crippen molar-refractivity contribution < 1.29 is 23.4 Å². The summed E-state index contributed by atoms with van der Waals surface area (Å²) in [5.41, 5.74) is 2.69. The quantitative estimate of drug-likeness (QED) is 0.636. The molecule has 1 aromatic heterocycles. The standard InChI is InChI=1S/C18H13O5/c1-19-12-2-3-13-15(6-12)20-8-11-4-10-5-16-17(22-9-21-16)7-14(10)23-18(11)13/h2-7H,8-9H2,1H3/q+1. The Morgan fingerprint density at radius 2 is 1.83 bits per heavy atom. The number of fused-ring (bicyclic) bond motifs is 5. The van der Waals surface area contributed by atoms with Crippen molar-refractivity contribution >= 4 is 11.0 Å². The SMILES string of the molecule is COc1ccc2c(c1)OCc1cc3cc4c(cc3[o+]c1-2)OCO4. The molecule has 5 rings (SSSR count). The van der Waals surface area contributed by atoms with Gasteiger partial charge in [-0.1, -0.05) is 0 Å². The summed E-state index contributed by atoms with van der Waals surface area (Å²) >= 11 is 0. The Bertz CT molecular complexity index is 948. The van der Waals surface area contributed by atoms with Crippen LogP contribution in [-0.4, -0.2) is 13.9 Å². The summed E-state index contributed by atoms with van der Waals surface area (Å²) in [4.78, 5) is 0. The molecule has 5 nitrogen and oxygen atoms in total. The predicted molar refractivity (Wildman–Crippen MR) is 83.1 cm³/mol. The highest BCUT2D eigenvalue weighted by Crippen LogP contribution is 2.43. The summed E-state index contributed by atoms with van der Waals surface area (Å²) in [6, 6.07) is 11.6. The van der Waals surface area contributed by atoms with Gasteiger partial charge in [0.2, 0.25) is 6.79 Å². The summed E-state index contributed by atoms with van der Waals surface area (Å²) in [6.45, 7) is 0.709. The summed E-state index contributed by atoms with van der Waals surface area (Å²) in [5, 5.41) is 0.966. The van der Waals surface area contributed by atoms with Gasteiger partial charge in [0.05, 0.1) is 24.1 Å². The zero-order chi connectivity index (χ0) is 15.4. The highest BCUT2D eigenvalue weighted by atomic mass is 16.7. The van der Waals surface area contributed by atoms with Gasteiger partial charge in [-0.3, -0.25) is 0 Å². The van der Waals surface area contributed by atoms with E-state index in [0.29, 0.717) is 12.4 Å². The molecule has 2 aliphatic rings. The van der Waals surface area contributed by atoms with Crippen LogP contribution < -0.4 is 18.9 Å². The monoisotopic (exact) mass is 309 g/mol. The molecule has 0 atom stereocenters. The molecule has 0 radical (unpaired) electrons. The molecule has 2 aliphatic heterocycles. The van der Waals surface area contributed by atoms with E-state index in [1.165, 1.54) is 0 Å². The van der Waals surface area contributed by atoms with Crippen LogP contribution in [0.15, 0.2) is 40.8 Å². The number of methoxy groups -OCH3 is 1. The predicted octanol–water partition coefficient (Wildman–Crippen LogP) is 4.01. The van der Waals surface area contributed by atoms with E-state index in [1.54, 1.807) is 7.11 Å². The largest absolute Gasteiger partial charge is 0.497 e. The van der Waals surface area contributed by atoms with Crippen molar-refractivity contribution in [3.8, 4) is 34.3 Å². The van der Waals surface area contributed by atoms with Crippen molar-refractivity contribution in [2.45, 2.75) is 6.61 Å². The van der Waals surface area contributed by atoms with Gasteiger partial charge in [-0.25, -0.2) is 4.42 Å². The fourth-order valence-corrected chi connectivity index (χ4v) is 3.00. The summed E-state index contributed by atoms with van der Waals surface area (Å²) in [7, 11) is 1.64. The van der Waals surface area contributed by atoms with Gasteiger partial charge in [-0.2, -0.15) is 0 Å². The van der Waals surface area contributed by atoms with Gasteiger partial charge in [-0.15, -0.1) is 0 Å². The molecule has 0 amide bonds. The number of ether oxygens (including phenoxy) is 4. The van der Waals surface area contributed by atoms with Crippen LogP contribution in [0.25, 0.3) is 22.3 Å². The van der Waals surface area contributed by atoms with Crippen LogP contribution in [-0.2, 0) is 6.61 Å². The molecule has 0 saturated carbocycles. The molecule has 0 bridgehead atoms. The van der Waals surface area contributed by atoms with E-state index in [2.05, 4.69) is 6.07 Å². The van der Waals surface area contributed by atoms with Crippen molar-refractivity contribution in [3.63, 3.8) is 0 Å². The smallest absolute Gasteiger partial charge is 0.371 e. The molecular weight excluding hydrogens is 296 g/mol. The lowest BCUT2D eigenvalue weighted by atomic mass is 10.0. The molecule has 0 N–H and O–H groups in total. The maximum Gasteiger partial charge on any atom is 0.371 e. The van der Waals surface area contributed by atoms with Gasteiger partial charge in [0.15, 0.2) is 11.5 Å². The maximum absolute atomic E-state index is 6.15. The lowest BCUT2D eigenvalue weighted by molar-refractivity contribution is 0.174. The average Bonchev–Trinajstić information content (AvgIpc) is 3.04. The highest BCUT2D eigenvalue weighted by Gasteiger charge is 2.31. The van der Waals surface area contributed by atoms with Crippen LogP contribution in [0.1, 0.15) is 5.56 Å². The van der Waals surface area contributed by atoms with Crippen molar-refractivity contribution in [3.05, 3.63) is 42.0 Å². The van der Waals surface area contributed by atoms with E-state index < -0.39 is 0 Å². The Kier molecular flexibility index (Phi) is 2.47. The molecule has 0 fully saturated rings. The van der Waals surface area contributed by atoms with Gasteiger partial charge >= 0.3 is 11.3 Å². The summed E-state index contributed by atoms with van der Waals surface area (Å²) < 4.78 is 28.1. The second-order valence-corrected chi connectivity index (χ2v) is 5.49. The van der Waals surface area contributed by atoms with E-state index in [0.717, 1.165) is 45.1 Å². The molecule has 2 aromatic carbocycles. The van der Waals surface area contributed by atoms with E-state index in [-0.39, 0.29) is 6.79 Å². The second-order valence-electron chi connectivity index (χ2n) is 5.49. The minimum Gasteiger partial charge on any atom is -0.497 e. The van der Waals surface area contributed by atoms with Crippen molar-refractivity contribution in [2.24, 2.45) is 0 Å². The van der Waals surface area contributed by atoms with Gasteiger partial charge in [0.25, 0.3) is 0 Å². The minimum atomic E-state index is 0.247. The minimum absolute atomic E-state index is 0.247. The van der Waals surface area contributed by atoms with Crippen LogP contribution in [0.3, 0.4) is 0 Å². The lowest BCUT2D eigenvalue weighted by Gasteiger charge is -2.15. The molecule has 0 spiro atoms. The van der Waals surface area contributed by atoms with Crippen molar-refractivity contribution in [1.82, 2.24) is 0 Å². The molecule has 0 saturated heterocycles. The molecule has 114 valence electrons. The molecule has 23 heavy (non-hydrogen) atoms. The number of rotatable bonds is 1. The van der Waals surface area contributed by atoms with E-state index in [4.69, 9.17) is 23.4 Å². The lowest BCUT2D eigenvalue weighted by Crippen LogP contribution is -2.05. The number of hydrogen-bond donors (Lipinski definition) is 0. The van der Waals surface area contributed by atoms with Gasteiger partial charge < -0.3 is 18.9 Å². The fourth-order valence-electron chi connectivity index (χ4n) is 3.00. The molecule has 3 heterocycles. The van der Waals surface area contributed by atoms with Gasteiger partial charge in [0, 0.05) is 12.1 Å². The Hall–Kier alpha value is -2.95. The first-order valence-electron chi connectivity index (χ1n) is 7.32. The van der Waals surface area contributed by atoms with Crippen LogP contribution in [0.2, 0.25) is 0 Å². The first kappa shape index (κ1) is 12.6. The Labute approximate surface area is 132 Å². The molecule has 5 heteroatoms. The summed E-state index contributed by atoms with van der Waals surface area (Å²) in [5.74, 6) is 3.80. The van der Waals surface area contributed by atoms with Crippen LogP contribution in [0, 0.1) is 0 Å². The molecule has 0 unspecified atom stereocenters. The third-order valence-electron chi connectivity index (χ3n) is 4.15. The normalized spacial score (nSPS) is 14.1. The van der Waals surface area contributed by atoms with Gasteiger partial charge in [-0.05, 0) is 18.2 Å².